The number of halogens is 1. The van der Waals surface area contributed by atoms with Gasteiger partial charge in [-0.3, -0.25) is 14.5 Å². The van der Waals surface area contributed by atoms with Gasteiger partial charge in [0.25, 0.3) is 0 Å². The monoisotopic (exact) mass is 464 g/mol. The molecule has 1 aliphatic heterocycles. The van der Waals surface area contributed by atoms with Crippen LogP contribution in [0.2, 0.25) is 0 Å². The number of guanidine groups is 1. The Bertz CT molecular complexity index is 563. The maximum absolute atomic E-state index is 12.5. The van der Waals surface area contributed by atoms with Gasteiger partial charge in [-0.15, -0.1) is 24.0 Å². The highest BCUT2D eigenvalue weighted by Gasteiger charge is 2.27. The lowest BCUT2D eigenvalue weighted by Gasteiger charge is -2.35. The first-order valence-electron chi connectivity index (χ1n) is 8.55. The maximum atomic E-state index is 12.5. The highest BCUT2D eigenvalue weighted by molar-refractivity contribution is 14.0. The van der Waals surface area contributed by atoms with Crippen LogP contribution >= 0.6 is 24.0 Å². The minimum Gasteiger partial charge on any atom is -0.382 e. The molecule has 2 rings (SSSR count). The average Bonchev–Trinajstić information content (AvgIpc) is 2.99. The van der Waals surface area contributed by atoms with Crippen LogP contribution < -0.4 is 10.2 Å². The normalized spacial score (nSPS) is 15.3. The summed E-state index contributed by atoms with van der Waals surface area (Å²) in [6.07, 6.45) is 4.47. The van der Waals surface area contributed by atoms with E-state index in [-0.39, 0.29) is 29.9 Å². The van der Waals surface area contributed by atoms with Crippen molar-refractivity contribution in [2.45, 2.75) is 20.3 Å². The lowest BCUT2D eigenvalue weighted by Crippen LogP contribution is -2.55. The number of ether oxygens (including phenoxy) is 1. The molecule has 0 saturated carbocycles. The molecule has 2 heterocycles. The smallest absolute Gasteiger partial charge is 0.246 e. The molecule has 1 N–H and O–H groups in total. The number of nitrogens with one attached hydrogen (secondary N) is 1. The van der Waals surface area contributed by atoms with Crippen LogP contribution in [0.1, 0.15) is 20.3 Å². The molecule has 25 heavy (non-hydrogen) atoms. The molecule has 1 aromatic heterocycles. The fourth-order valence-corrected chi connectivity index (χ4v) is 2.60. The summed E-state index contributed by atoms with van der Waals surface area (Å²) >= 11 is 0. The molecule has 0 unspecified atom stereocenters. The summed E-state index contributed by atoms with van der Waals surface area (Å²) in [5.74, 6) is 0.863. The fourth-order valence-electron chi connectivity index (χ4n) is 2.60. The Kier molecular flexibility index (Phi) is 9.79. The van der Waals surface area contributed by atoms with Crippen molar-refractivity contribution in [3.8, 4) is 0 Å². The second kappa shape index (κ2) is 11.3. The molecular formula is C16H29IN6O2. The van der Waals surface area contributed by atoms with Crippen molar-refractivity contribution in [1.82, 2.24) is 20.0 Å². The lowest BCUT2D eigenvalue weighted by molar-refractivity contribution is -0.120. The number of piperazine rings is 1. The second-order valence-corrected chi connectivity index (χ2v) is 5.63. The number of aryl methyl sites for hydroxylation is 1. The van der Waals surface area contributed by atoms with Crippen molar-refractivity contribution in [2.75, 3.05) is 50.8 Å². The molecule has 1 aliphatic rings. The molecular weight excluding hydrogens is 435 g/mol. The summed E-state index contributed by atoms with van der Waals surface area (Å²) in [5, 5.41) is 7.41. The molecule has 1 aromatic rings. The van der Waals surface area contributed by atoms with E-state index < -0.39 is 0 Å². The summed E-state index contributed by atoms with van der Waals surface area (Å²) in [4.78, 5) is 20.9. The van der Waals surface area contributed by atoms with E-state index in [1.54, 1.807) is 15.8 Å². The van der Waals surface area contributed by atoms with Crippen LogP contribution in [0.4, 0.5) is 5.69 Å². The van der Waals surface area contributed by atoms with Crippen molar-refractivity contribution >= 4 is 41.5 Å². The topological polar surface area (TPSA) is 75.0 Å². The molecule has 0 atom stereocenters. The maximum Gasteiger partial charge on any atom is 0.246 e. The molecule has 0 radical (unpaired) electrons. The summed E-state index contributed by atoms with van der Waals surface area (Å²) in [6.45, 7) is 8.64. The van der Waals surface area contributed by atoms with Crippen molar-refractivity contribution in [3.05, 3.63) is 12.4 Å². The van der Waals surface area contributed by atoms with Crippen LogP contribution in [-0.4, -0.2) is 72.5 Å². The first-order chi connectivity index (χ1) is 11.7. The van der Waals surface area contributed by atoms with Gasteiger partial charge in [-0.25, -0.2) is 0 Å². The zero-order valence-corrected chi connectivity index (χ0v) is 17.6. The van der Waals surface area contributed by atoms with Crippen LogP contribution in [0.15, 0.2) is 17.4 Å². The summed E-state index contributed by atoms with van der Waals surface area (Å²) in [6, 6.07) is 0. The van der Waals surface area contributed by atoms with Gasteiger partial charge in [0.1, 0.15) is 6.54 Å². The Balaban J connectivity index is 0.00000312. The van der Waals surface area contributed by atoms with Gasteiger partial charge < -0.3 is 19.9 Å². The summed E-state index contributed by atoms with van der Waals surface area (Å²) < 4.78 is 7.04. The van der Waals surface area contributed by atoms with Crippen LogP contribution in [-0.2, 0) is 16.6 Å². The molecule has 0 bridgehead atoms. The molecule has 0 aliphatic carbocycles. The van der Waals surface area contributed by atoms with E-state index in [0.29, 0.717) is 26.2 Å². The Hall–Kier alpha value is -1.36. The molecule has 9 heteroatoms. The van der Waals surface area contributed by atoms with Gasteiger partial charge in [0.2, 0.25) is 5.91 Å². The SMILES string of the molecule is CCNC(=NCCCOCC)N1CCN(c2cnn(C)c2)C(=O)C1.I. The van der Waals surface area contributed by atoms with E-state index in [1.165, 1.54) is 0 Å². The van der Waals surface area contributed by atoms with E-state index in [1.807, 2.05) is 32.0 Å². The van der Waals surface area contributed by atoms with Crippen molar-refractivity contribution in [2.24, 2.45) is 12.0 Å². The Morgan fingerprint density at radius 1 is 1.40 bits per heavy atom. The number of aromatic nitrogens is 2. The highest BCUT2D eigenvalue weighted by atomic mass is 127. The van der Waals surface area contributed by atoms with E-state index in [4.69, 9.17) is 4.74 Å². The Morgan fingerprint density at radius 2 is 2.20 bits per heavy atom. The number of aliphatic imine (C=N–C) groups is 1. The van der Waals surface area contributed by atoms with Gasteiger partial charge >= 0.3 is 0 Å². The minimum absolute atomic E-state index is 0. The van der Waals surface area contributed by atoms with Crippen LogP contribution in [0, 0.1) is 0 Å². The molecule has 0 aromatic carbocycles. The number of nitrogens with zero attached hydrogens (tertiary/aromatic N) is 5. The number of amides is 1. The number of hydrogen-bond acceptors (Lipinski definition) is 4. The molecule has 0 spiro atoms. The van der Waals surface area contributed by atoms with Gasteiger partial charge in [0.15, 0.2) is 5.96 Å². The van der Waals surface area contributed by atoms with E-state index in [2.05, 4.69) is 15.4 Å². The van der Waals surface area contributed by atoms with Gasteiger partial charge in [-0.05, 0) is 20.3 Å². The highest BCUT2D eigenvalue weighted by Crippen LogP contribution is 2.16. The minimum atomic E-state index is 0. The Morgan fingerprint density at radius 3 is 2.80 bits per heavy atom. The van der Waals surface area contributed by atoms with E-state index in [0.717, 1.165) is 37.8 Å². The third kappa shape index (κ3) is 6.46. The molecule has 142 valence electrons. The number of hydrogen-bond donors (Lipinski definition) is 1. The summed E-state index contributed by atoms with van der Waals surface area (Å²) in [5.41, 5.74) is 0.848. The predicted molar refractivity (Wildman–Crippen MR) is 110 cm³/mol. The van der Waals surface area contributed by atoms with Crippen LogP contribution in [0.3, 0.4) is 0 Å². The van der Waals surface area contributed by atoms with Crippen molar-refractivity contribution < 1.29 is 9.53 Å². The molecule has 1 saturated heterocycles. The van der Waals surface area contributed by atoms with Crippen LogP contribution in [0.5, 0.6) is 0 Å². The first kappa shape index (κ1) is 21.7. The number of carbonyl (C=O) groups is 1. The average molecular weight is 464 g/mol. The number of rotatable bonds is 7. The number of carbonyl (C=O) groups excluding carboxylic acids is 1. The lowest BCUT2D eigenvalue weighted by atomic mass is 10.3. The summed E-state index contributed by atoms with van der Waals surface area (Å²) in [7, 11) is 1.85. The van der Waals surface area contributed by atoms with Gasteiger partial charge in [-0.2, -0.15) is 5.10 Å². The largest absolute Gasteiger partial charge is 0.382 e. The first-order valence-corrected chi connectivity index (χ1v) is 8.55. The van der Waals surface area contributed by atoms with Crippen molar-refractivity contribution in [1.29, 1.82) is 0 Å². The van der Waals surface area contributed by atoms with Crippen molar-refractivity contribution in [3.63, 3.8) is 0 Å². The van der Waals surface area contributed by atoms with Gasteiger partial charge in [0, 0.05) is 52.6 Å². The van der Waals surface area contributed by atoms with E-state index >= 15 is 0 Å². The fraction of sp³-hybridized carbons (Fsp3) is 0.688. The Labute approximate surface area is 166 Å². The quantitative estimate of drug-likeness (QED) is 0.283. The second-order valence-electron chi connectivity index (χ2n) is 5.63. The van der Waals surface area contributed by atoms with Gasteiger partial charge in [0.05, 0.1) is 11.9 Å². The van der Waals surface area contributed by atoms with Crippen LogP contribution in [0.25, 0.3) is 0 Å². The number of anilines is 1. The third-order valence-electron chi connectivity index (χ3n) is 3.77. The molecule has 8 nitrogen and oxygen atoms in total. The zero-order valence-electron chi connectivity index (χ0n) is 15.3. The standard InChI is InChI=1S/C16H28N6O2.HI/c1-4-17-16(18-7-6-10-24-5-2)21-8-9-22(15(23)13-21)14-11-19-20(3)12-14;/h11-12H,4-10,13H2,1-3H3,(H,17,18);1H. The van der Waals surface area contributed by atoms with Gasteiger partial charge in [-0.1, -0.05) is 0 Å². The zero-order chi connectivity index (χ0) is 17.4. The molecule has 1 amide bonds. The van der Waals surface area contributed by atoms with E-state index in [9.17, 15) is 4.79 Å². The molecule has 1 fully saturated rings. The third-order valence-corrected chi connectivity index (χ3v) is 3.77. The predicted octanol–water partition coefficient (Wildman–Crippen LogP) is 1.08.